The lowest BCUT2D eigenvalue weighted by atomic mass is 9.66. The van der Waals surface area contributed by atoms with Crippen LogP contribution in [0.25, 0.3) is 0 Å². The van der Waals surface area contributed by atoms with Crippen LogP contribution >= 0.6 is 0 Å². The van der Waals surface area contributed by atoms with Gasteiger partial charge < -0.3 is 82.7 Å². The predicted octanol–water partition coefficient (Wildman–Crippen LogP) is -1.10. The third-order valence-corrected chi connectivity index (χ3v) is 10.8. The second-order valence-electron chi connectivity index (χ2n) is 13.8. The van der Waals surface area contributed by atoms with Gasteiger partial charge in [-0.1, -0.05) is 0 Å². The number of benzene rings is 2. The molecule has 19 nitrogen and oxygen atoms in total. The quantitative estimate of drug-likeness (QED) is 0.175. The summed E-state index contributed by atoms with van der Waals surface area (Å²) < 4.78 is 63.5. The number of cyclic esters (lactones) is 1. The SMILES string of the molecule is COc1cc([C@@H]2c3cc4c(cc3[C@@H](O[C@@H]3O[C@@H]5CO[C@H](C)O[C@@H]5[C@H](O)[C@H]3O)[C@H]3COC(=O)[C@H]23)OCO4)cc(OC)c1O[C@@H]1O[C@H](C(=O)O)[C@@H](O)[C@H](O)[C@H]1O. The Morgan fingerprint density at radius 2 is 1.44 bits per heavy atom. The molecule has 1 aliphatic carbocycles. The molecule has 6 N–H and O–H groups in total. The number of aliphatic hydroxyl groups is 5. The number of carboxylic acid groups (broad SMARTS) is 1. The third-order valence-electron chi connectivity index (χ3n) is 10.8. The fourth-order valence-electron chi connectivity index (χ4n) is 8.10. The zero-order valence-corrected chi connectivity index (χ0v) is 29.1. The van der Waals surface area contributed by atoms with E-state index < -0.39 is 103 Å². The van der Waals surface area contributed by atoms with Crippen LogP contribution < -0.4 is 23.7 Å². The summed E-state index contributed by atoms with van der Waals surface area (Å²) >= 11 is 0. The van der Waals surface area contributed by atoms with Crippen molar-refractivity contribution in [3.05, 3.63) is 41.0 Å². The van der Waals surface area contributed by atoms with Gasteiger partial charge in [0.25, 0.3) is 0 Å². The van der Waals surface area contributed by atoms with E-state index in [1.807, 2.05) is 0 Å². The highest BCUT2D eigenvalue weighted by molar-refractivity contribution is 5.79. The molecule has 5 heterocycles. The van der Waals surface area contributed by atoms with Crippen LogP contribution in [-0.2, 0) is 38.0 Å². The predicted molar refractivity (Wildman–Crippen MR) is 172 cm³/mol. The molecular formula is C35H40O19. The average Bonchev–Trinajstić information content (AvgIpc) is 3.79. The van der Waals surface area contributed by atoms with E-state index in [0.29, 0.717) is 28.2 Å². The van der Waals surface area contributed by atoms with Crippen LogP contribution in [0.1, 0.15) is 35.6 Å². The lowest BCUT2D eigenvalue weighted by Crippen LogP contribution is -2.63. The maximum absolute atomic E-state index is 13.7. The van der Waals surface area contributed by atoms with Gasteiger partial charge in [-0.05, 0) is 47.9 Å². The minimum absolute atomic E-state index is 0.0183. The van der Waals surface area contributed by atoms with Crippen LogP contribution in [0.15, 0.2) is 24.3 Å². The van der Waals surface area contributed by atoms with Gasteiger partial charge in [-0.15, -0.1) is 0 Å². The Morgan fingerprint density at radius 3 is 2.11 bits per heavy atom. The molecule has 5 aliphatic heterocycles. The number of carbonyl (C=O) groups is 2. The van der Waals surface area contributed by atoms with Crippen LogP contribution in [0.3, 0.4) is 0 Å². The van der Waals surface area contributed by atoms with Gasteiger partial charge in [0.05, 0.1) is 39.5 Å². The average molecular weight is 765 g/mol. The van der Waals surface area contributed by atoms with Crippen molar-refractivity contribution in [1.82, 2.24) is 0 Å². The van der Waals surface area contributed by atoms with Crippen LogP contribution in [-0.4, -0.2) is 145 Å². The molecule has 0 unspecified atom stereocenters. The van der Waals surface area contributed by atoms with Crippen LogP contribution in [0.5, 0.6) is 28.7 Å². The minimum atomic E-state index is -1.94. The number of hydrogen-bond acceptors (Lipinski definition) is 18. The van der Waals surface area contributed by atoms with Crippen molar-refractivity contribution in [2.45, 2.75) is 86.6 Å². The number of aliphatic carboxylic acids is 1. The van der Waals surface area contributed by atoms with Gasteiger partial charge in [-0.3, -0.25) is 4.79 Å². The number of carboxylic acids is 1. The van der Waals surface area contributed by atoms with Crippen LogP contribution in [0.4, 0.5) is 0 Å². The summed E-state index contributed by atoms with van der Waals surface area (Å²) in [5, 5.41) is 62.9. The Balaban J connectivity index is 1.17. The molecule has 6 aliphatic rings. The van der Waals surface area contributed by atoms with Crippen molar-refractivity contribution < 1.29 is 92.3 Å². The van der Waals surface area contributed by atoms with Gasteiger partial charge in [-0.2, -0.15) is 0 Å². The molecule has 2 aromatic carbocycles. The standard InChI is InChI=1S/C35H40O19/c1-11-46-9-20-30(50-11)25(38)27(40)34(51-20)52-28-14-7-17-16(48-10-49-17)6-13(14)21(22-15(28)8-47-33(22)43)12-4-18(44-2)29(19(5-12)45-3)53-35-26(39)23(36)24(37)31(54-35)32(41)42/h4-7,11,15,20-28,30-31,34-40H,8-10H2,1-3H3,(H,41,42)/t11-,15-,20+,21+,22-,23-,24-,25+,26+,27+,28+,30-,31-,34-,35+/m0/s1. The molecule has 0 radical (unpaired) electrons. The lowest BCUT2D eigenvalue weighted by molar-refractivity contribution is -0.364. The van der Waals surface area contributed by atoms with Crippen LogP contribution in [0.2, 0.25) is 0 Å². The van der Waals surface area contributed by atoms with E-state index in [2.05, 4.69) is 0 Å². The minimum Gasteiger partial charge on any atom is -0.493 e. The summed E-state index contributed by atoms with van der Waals surface area (Å²) in [6.07, 6.45) is -16.8. The Morgan fingerprint density at radius 1 is 0.778 bits per heavy atom. The summed E-state index contributed by atoms with van der Waals surface area (Å²) in [7, 11) is 2.65. The fraction of sp³-hybridized carbons (Fsp3) is 0.600. The first-order valence-electron chi connectivity index (χ1n) is 17.3. The van der Waals surface area contributed by atoms with E-state index in [9.17, 15) is 40.2 Å². The van der Waals surface area contributed by atoms with Gasteiger partial charge in [0.15, 0.2) is 41.7 Å². The van der Waals surface area contributed by atoms with Crippen molar-refractivity contribution in [2.24, 2.45) is 11.8 Å². The van der Waals surface area contributed by atoms with Crippen molar-refractivity contribution in [3.8, 4) is 28.7 Å². The van der Waals surface area contributed by atoms with Crippen molar-refractivity contribution in [2.75, 3.05) is 34.2 Å². The van der Waals surface area contributed by atoms with E-state index >= 15 is 0 Å². The lowest BCUT2D eigenvalue weighted by Gasteiger charge is -2.47. The number of carbonyl (C=O) groups excluding carboxylic acids is 1. The summed E-state index contributed by atoms with van der Waals surface area (Å²) in [6.45, 7) is 1.64. The molecule has 0 bridgehead atoms. The summed E-state index contributed by atoms with van der Waals surface area (Å²) in [5.41, 5.74) is 1.60. The van der Waals surface area contributed by atoms with Crippen molar-refractivity contribution in [3.63, 3.8) is 0 Å². The number of fused-ring (bicyclic) bond motifs is 4. The van der Waals surface area contributed by atoms with Gasteiger partial charge in [0.1, 0.15) is 42.7 Å². The number of rotatable bonds is 8. The number of esters is 1. The maximum atomic E-state index is 13.7. The molecule has 8 rings (SSSR count). The molecule has 4 fully saturated rings. The van der Waals surface area contributed by atoms with Crippen molar-refractivity contribution in [1.29, 1.82) is 0 Å². The van der Waals surface area contributed by atoms with Crippen molar-refractivity contribution >= 4 is 11.9 Å². The number of methoxy groups -OCH3 is 2. The molecule has 4 saturated heterocycles. The van der Waals surface area contributed by atoms with Gasteiger partial charge >= 0.3 is 11.9 Å². The second kappa shape index (κ2) is 14.2. The van der Waals surface area contributed by atoms with E-state index in [1.54, 1.807) is 31.2 Å². The number of hydrogen-bond donors (Lipinski definition) is 6. The molecule has 0 amide bonds. The Bertz CT molecular complexity index is 1740. The highest BCUT2D eigenvalue weighted by Gasteiger charge is 2.56. The van der Waals surface area contributed by atoms with E-state index in [1.165, 1.54) is 14.2 Å². The summed E-state index contributed by atoms with van der Waals surface area (Å²) in [4.78, 5) is 25.4. The summed E-state index contributed by atoms with van der Waals surface area (Å²) in [6, 6.07) is 6.57. The number of aliphatic hydroxyl groups excluding tert-OH is 5. The largest absolute Gasteiger partial charge is 0.493 e. The fourth-order valence-corrected chi connectivity index (χ4v) is 8.10. The molecule has 0 aromatic heterocycles. The molecule has 0 saturated carbocycles. The van der Waals surface area contributed by atoms with Crippen LogP contribution in [0, 0.1) is 11.8 Å². The normalized spacial score (nSPS) is 39.5. The molecule has 15 atom stereocenters. The smallest absolute Gasteiger partial charge is 0.335 e. The van der Waals surface area contributed by atoms with E-state index in [4.69, 9.17) is 52.1 Å². The molecule has 2 aromatic rings. The first-order valence-corrected chi connectivity index (χ1v) is 17.3. The van der Waals surface area contributed by atoms with Gasteiger partial charge in [-0.25, -0.2) is 4.79 Å². The van der Waals surface area contributed by atoms with Gasteiger partial charge in [0.2, 0.25) is 18.8 Å². The molecule has 294 valence electrons. The first kappa shape index (κ1) is 36.9. The molecule has 54 heavy (non-hydrogen) atoms. The highest BCUT2D eigenvalue weighted by Crippen LogP contribution is 2.57. The third kappa shape index (κ3) is 6.08. The monoisotopic (exact) mass is 764 g/mol. The Labute approximate surface area is 306 Å². The summed E-state index contributed by atoms with van der Waals surface area (Å²) in [5.74, 6) is -3.73. The zero-order chi connectivity index (χ0) is 38.2. The molecule has 0 spiro atoms. The topological polar surface area (TPSA) is 257 Å². The van der Waals surface area contributed by atoms with E-state index in [-0.39, 0.29) is 37.3 Å². The maximum Gasteiger partial charge on any atom is 0.335 e. The second-order valence-corrected chi connectivity index (χ2v) is 13.8. The highest BCUT2D eigenvalue weighted by atomic mass is 16.8. The zero-order valence-electron chi connectivity index (χ0n) is 29.1. The molecule has 19 heteroatoms. The Hall–Kier alpha value is -4.02. The first-order chi connectivity index (χ1) is 25.9. The Kier molecular flexibility index (Phi) is 9.74. The van der Waals surface area contributed by atoms with Gasteiger partial charge in [0, 0.05) is 11.8 Å². The number of ether oxygens (including phenoxy) is 11. The van der Waals surface area contributed by atoms with E-state index in [0.717, 1.165) is 0 Å². The molecular weight excluding hydrogens is 724 g/mol.